The highest BCUT2D eigenvalue weighted by atomic mass is 32.2. The summed E-state index contributed by atoms with van der Waals surface area (Å²) in [6.45, 7) is 10.0. The molecule has 1 unspecified atom stereocenters. The van der Waals surface area contributed by atoms with Crippen molar-refractivity contribution in [1.29, 1.82) is 0 Å². The van der Waals surface area contributed by atoms with E-state index in [0.717, 1.165) is 23.8 Å². The van der Waals surface area contributed by atoms with Crippen LogP contribution in [0.5, 0.6) is 0 Å². The van der Waals surface area contributed by atoms with E-state index in [-0.39, 0.29) is 57.4 Å². The summed E-state index contributed by atoms with van der Waals surface area (Å²) in [5.74, 6) is -0.735. The Morgan fingerprint density at radius 1 is 0.969 bits per heavy atom. The van der Waals surface area contributed by atoms with Gasteiger partial charge in [0, 0.05) is 49.5 Å². The van der Waals surface area contributed by atoms with Gasteiger partial charge >= 0.3 is 5.69 Å². The van der Waals surface area contributed by atoms with Crippen LogP contribution in [-0.2, 0) is 33.8 Å². The number of aromatic nitrogens is 7. The second kappa shape index (κ2) is 14.2. The minimum Gasteiger partial charge on any atom is -0.409 e. The fraction of sp³-hybridized carbons (Fsp3) is 0.404. The largest absolute Gasteiger partial charge is 0.409 e. The van der Waals surface area contributed by atoms with Gasteiger partial charge in [-0.05, 0) is 131 Å². The molecule has 3 aliphatic heterocycles. The molecular weight excluding hydrogens is 855 g/mol. The number of ether oxygens (including phenoxy) is 1. The highest BCUT2D eigenvalue weighted by molar-refractivity contribution is 7.89. The van der Waals surface area contributed by atoms with Gasteiger partial charge in [-0.3, -0.25) is 13.8 Å². The van der Waals surface area contributed by atoms with E-state index in [4.69, 9.17) is 15.6 Å². The number of amidine groups is 1. The Morgan fingerprint density at radius 2 is 1.69 bits per heavy atom. The van der Waals surface area contributed by atoms with E-state index in [1.807, 2.05) is 13.0 Å². The van der Waals surface area contributed by atoms with Crippen LogP contribution in [0.4, 0.5) is 8.78 Å². The lowest BCUT2D eigenvalue weighted by molar-refractivity contribution is -0.0592. The summed E-state index contributed by atoms with van der Waals surface area (Å²) in [4.78, 5) is 14.7. The van der Waals surface area contributed by atoms with Crippen LogP contribution in [0.1, 0.15) is 92.8 Å². The maximum absolute atomic E-state index is 16.2. The average molecular weight is 905 g/mol. The Balaban J connectivity index is 1.09. The van der Waals surface area contributed by atoms with Crippen LogP contribution in [0.3, 0.4) is 0 Å². The maximum atomic E-state index is 16.2. The van der Waals surface area contributed by atoms with Crippen molar-refractivity contribution in [3.63, 3.8) is 0 Å². The minimum absolute atomic E-state index is 0.0123. The monoisotopic (exact) mass is 904 g/mol. The van der Waals surface area contributed by atoms with Gasteiger partial charge in [-0.15, -0.1) is 0 Å². The molecule has 11 rings (SSSR count). The van der Waals surface area contributed by atoms with Gasteiger partial charge in [0.15, 0.2) is 16.7 Å². The van der Waals surface area contributed by atoms with Crippen LogP contribution >= 0.6 is 0 Å². The van der Waals surface area contributed by atoms with Gasteiger partial charge in [-0.25, -0.2) is 26.7 Å². The molecule has 1 aliphatic carbocycles. The standard InChI is InChI=1S/C47H50F2N10O5S/c1-25-17-32(18-26(2)41(25)48)58-43(56-15-14-55(45(56)60)38-12-11-36-33(42(38)49)24-51-54(36)6)40-34(52-58)21-31-8-10-37(40)59(31)65(62,63)39-20-30-19-28(29-13-16-64-46(4,5)23-29)7-9-35(30)57(39)47(22-27(47)3)44(50)53-61/h7,9,11-12,14-15,17-20,24,27,29,31,37,61H,8,10,13,16,21-23H2,1-6H3,(H2,50,53)/t27-,29?,31+,37-,47+/m0/s1. The van der Waals surface area contributed by atoms with E-state index in [9.17, 15) is 10.0 Å². The number of sulfonamides is 1. The first kappa shape index (κ1) is 41.6. The Labute approximate surface area is 373 Å². The SMILES string of the molecule is Cc1cc(-n2nc3c(c2-n2ccn(-c4ccc5c(cnn5C)c4F)c2=O)[C@@H]2CC[C@H](C3)N2S(=O)(=O)c2cc3cc(C4CCOC(C)(C)C4)ccc3n2[C@]2(C(N)=NO)C[C@@H]2C)cc(C)c1F. The number of hydrogen-bond acceptors (Lipinski definition) is 8. The second-order valence-corrected chi connectivity index (χ2v) is 20.9. The number of halogens is 2. The molecule has 18 heteroatoms. The molecule has 65 heavy (non-hydrogen) atoms. The third-order valence-electron chi connectivity index (χ3n) is 14.7. The average Bonchev–Trinajstić information content (AvgIpc) is 3.84. The molecule has 4 aliphatic rings. The zero-order valence-electron chi connectivity index (χ0n) is 37.0. The molecular formula is C47H50F2N10O5S. The van der Waals surface area contributed by atoms with E-state index in [2.05, 4.69) is 36.2 Å². The van der Waals surface area contributed by atoms with Crippen LogP contribution in [-0.4, -0.2) is 75.3 Å². The van der Waals surface area contributed by atoms with E-state index in [1.165, 1.54) is 33.8 Å². The predicted molar refractivity (Wildman–Crippen MR) is 240 cm³/mol. The number of aryl methyl sites for hydroxylation is 3. The quantitative estimate of drug-likeness (QED) is 0.0700. The second-order valence-electron chi connectivity index (χ2n) is 19.1. The Kier molecular flexibility index (Phi) is 9.08. The molecule has 1 saturated carbocycles. The zero-order valence-corrected chi connectivity index (χ0v) is 37.8. The number of hydrogen-bond donors (Lipinski definition) is 2. The van der Waals surface area contributed by atoms with Crippen molar-refractivity contribution in [1.82, 2.24) is 37.6 Å². The van der Waals surface area contributed by atoms with Crippen LogP contribution in [0, 0.1) is 31.4 Å². The number of nitrogens with two attached hydrogens (primary N) is 1. The van der Waals surface area contributed by atoms with Crippen molar-refractivity contribution in [2.75, 3.05) is 6.61 Å². The summed E-state index contributed by atoms with van der Waals surface area (Å²) in [7, 11) is -2.69. The molecule has 2 saturated heterocycles. The van der Waals surface area contributed by atoms with Crippen LogP contribution in [0.25, 0.3) is 39.0 Å². The number of benzene rings is 3. The lowest BCUT2D eigenvalue weighted by Gasteiger charge is -2.35. The van der Waals surface area contributed by atoms with Crippen molar-refractivity contribution >= 4 is 37.7 Å². The molecule has 0 spiro atoms. The van der Waals surface area contributed by atoms with Gasteiger partial charge < -0.3 is 20.2 Å². The molecule has 0 radical (unpaired) electrons. The lowest BCUT2D eigenvalue weighted by atomic mass is 9.83. The molecule has 7 aromatic rings. The minimum atomic E-state index is -4.40. The molecule has 3 aromatic carbocycles. The van der Waals surface area contributed by atoms with Gasteiger partial charge in [-0.1, -0.05) is 18.1 Å². The molecule has 338 valence electrons. The topological polar surface area (TPSA) is 173 Å². The fourth-order valence-corrected chi connectivity index (χ4v) is 13.5. The van der Waals surface area contributed by atoms with Gasteiger partial charge in [0.25, 0.3) is 10.0 Å². The van der Waals surface area contributed by atoms with Crippen molar-refractivity contribution < 1.29 is 27.1 Å². The van der Waals surface area contributed by atoms with Gasteiger partial charge in [0.05, 0.1) is 51.3 Å². The van der Waals surface area contributed by atoms with Gasteiger partial charge in [-0.2, -0.15) is 14.5 Å². The zero-order chi connectivity index (χ0) is 45.6. The summed E-state index contributed by atoms with van der Waals surface area (Å²) >= 11 is 0. The number of oxime groups is 1. The molecule has 5 atom stereocenters. The molecule has 2 bridgehead atoms. The van der Waals surface area contributed by atoms with Crippen molar-refractivity contribution in [2.24, 2.45) is 23.9 Å². The van der Waals surface area contributed by atoms with Crippen molar-refractivity contribution in [2.45, 2.75) is 107 Å². The first-order valence-corrected chi connectivity index (χ1v) is 23.5. The predicted octanol–water partition coefficient (Wildman–Crippen LogP) is 7.15. The Bertz CT molecular complexity index is 3340. The van der Waals surface area contributed by atoms with Crippen LogP contribution < -0.4 is 11.4 Å². The Morgan fingerprint density at radius 3 is 2.40 bits per heavy atom. The fourth-order valence-electron chi connectivity index (χ4n) is 11.4. The normalized spacial score (nSPS) is 24.3. The third kappa shape index (κ3) is 5.98. The lowest BCUT2D eigenvalue weighted by Crippen LogP contribution is -2.44. The first-order chi connectivity index (χ1) is 30.9. The van der Waals surface area contributed by atoms with E-state index in [1.54, 1.807) is 63.4 Å². The summed E-state index contributed by atoms with van der Waals surface area (Å²) in [5, 5.41) is 23.9. The number of imidazole rings is 1. The highest BCUT2D eigenvalue weighted by Crippen LogP contribution is 2.55. The van der Waals surface area contributed by atoms with Crippen molar-refractivity contribution in [3.8, 4) is 17.2 Å². The molecule has 3 fully saturated rings. The molecule has 7 heterocycles. The molecule has 3 N–H and O–H groups in total. The highest BCUT2D eigenvalue weighted by Gasteiger charge is 2.60. The molecule has 4 aromatic heterocycles. The van der Waals surface area contributed by atoms with Crippen LogP contribution in [0.15, 0.2) is 82.1 Å². The third-order valence-corrected chi connectivity index (χ3v) is 16.6. The van der Waals surface area contributed by atoms with Gasteiger partial charge in [0.1, 0.15) is 17.2 Å². The summed E-state index contributed by atoms with van der Waals surface area (Å²) in [6, 6.07) is 13.0. The first-order valence-electron chi connectivity index (χ1n) is 22.1. The number of fused-ring (bicyclic) bond motifs is 6. The van der Waals surface area contributed by atoms with E-state index < -0.39 is 39.2 Å². The summed E-state index contributed by atoms with van der Waals surface area (Å²) < 4.78 is 78.0. The molecule has 15 nitrogen and oxygen atoms in total. The number of nitrogens with zero attached hydrogens (tertiary/aromatic N) is 9. The summed E-state index contributed by atoms with van der Waals surface area (Å²) in [6.07, 6.45) is 7.69. The maximum Gasteiger partial charge on any atom is 0.338 e. The Hall–Kier alpha value is -6.11. The summed E-state index contributed by atoms with van der Waals surface area (Å²) in [5.41, 5.74) is 9.15. The van der Waals surface area contributed by atoms with Crippen LogP contribution in [0.2, 0.25) is 0 Å². The van der Waals surface area contributed by atoms with E-state index in [0.29, 0.717) is 65.0 Å². The number of rotatable bonds is 8. The van der Waals surface area contributed by atoms with Crippen molar-refractivity contribution in [3.05, 3.63) is 117 Å². The van der Waals surface area contributed by atoms with E-state index >= 15 is 17.2 Å². The molecule has 0 amide bonds. The smallest absolute Gasteiger partial charge is 0.338 e. The van der Waals surface area contributed by atoms with Gasteiger partial charge in [0.2, 0.25) is 0 Å².